The number of carbonyl (C=O) groups is 2. The first-order valence-corrected chi connectivity index (χ1v) is 11.3. The summed E-state index contributed by atoms with van der Waals surface area (Å²) in [6.45, 7) is 0. The molecule has 0 aromatic heterocycles. The molecule has 0 radical (unpaired) electrons. The van der Waals surface area contributed by atoms with Crippen LogP contribution in [0.2, 0.25) is 0 Å². The molecule has 2 aromatic carbocycles. The lowest BCUT2D eigenvalue weighted by atomic mass is 10.1. The Bertz CT molecular complexity index is 1150. The van der Waals surface area contributed by atoms with Gasteiger partial charge in [-0.1, -0.05) is 43.2 Å². The van der Waals surface area contributed by atoms with Gasteiger partial charge in [0.2, 0.25) is 5.75 Å². The fourth-order valence-electron chi connectivity index (χ4n) is 4.61. The maximum absolute atomic E-state index is 14.7. The van der Waals surface area contributed by atoms with Crippen LogP contribution in [0.5, 0.6) is 17.2 Å². The Kier molecular flexibility index (Phi) is 6.83. The van der Waals surface area contributed by atoms with Gasteiger partial charge in [0.25, 0.3) is 11.8 Å². The number of amidine groups is 1. The highest BCUT2D eigenvalue weighted by Gasteiger charge is 2.68. The maximum atomic E-state index is 14.7. The smallest absolute Gasteiger partial charge is 0.442 e. The van der Waals surface area contributed by atoms with E-state index in [9.17, 15) is 22.8 Å². The number of aliphatic imine (C=N–C) groups is 1. The van der Waals surface area contributed by atoms with E-state index in [4.69, 9.17) is 14.2 Å². The summed E-state index contributed by atoms with van der Waals surface area (Å²) in [5.74, 6) is -2.32. The Balaban J connectivity index is 1.81. The predicted octanol–water partition coefficient (Wildman–Crippen LogP) is 3.93. The van der Waals surface area contributed by atoms with Crippen molar-refractivity contribution in [3.63, 3.8) is 0 Å². The monoisotopic (exact) mass is 505 g/mol. The summed E-state index contributed by atoms with van der Waals surface area (Å²) in [6, 6.07) is 10.1. The minimum atomic E-state index is -5.21. The zero-order valence-corrected chi connectivity index (χ0v) is 20.0. The molecule has 2 aromatic rings. The summed E-state index contributed by atoms with van der Waals surface area (Å²) >= 11 is 0. The van der Waals surface area contributed by atoms with Gasteiger partial charge < -0.3 is 19.5 Å². The van der Waals surface area contributed by atoms with Crippen LogP contribution in [0.25, 0.3) is 0 Å². The van der Waals surface area contributed by atoms with Gasteiger partial charge in [-0.3, -0.25) is 14.5 Å². The molecule has 11 heteroatoms. The van der Waals surface area contributed by atoms with Crippen molar-refractivity contribution in [3.8, 4) is 17.2 Å². The van der Waals surface area contributed by atoms with Crippen molar-refractivity contribution < 1.29 is 37.0 Å². The van der Waals surface area contributed by atoms with Crippen molar-refractivity contribution >= 4 is 17.6 Å². The minimum Gasteiger partial charge on any atom is -0.493 e. The second-order valence-corrected chi connectivity index (χ2v) is 8.49. The van der Waals surface area contributed by atoms with Crippen molar-refractivity contribution in [1.82, 2.24) is 10.2 Å². The summed E-state index contributed by atoms with van der Waals surface area (Å²) in [5, 5.41) is 1.90. The van der Waals surface area contributed by atoms with Crippen LogP contribution in [0.15, 0.2) is 47.5 Å². The van der Waals surface area contributed by atoms with Crippen molar-refractivity contribution in [2.75, 3.05) is 21.3 Å². The number of methoxy groups -OCH3 is 3. The molecule has 1 atom stereocenters. The Labute approximate surface area is 206 Å². The normalized spacial score (nSPS) is 20.3. The largest absolute Gasteiger partial charge is 0.493 e. The number of benzene rings is 2. The van der Waals surface area contributed by atoms with Gasteiger partial charge in [0.1, 0.15) is 5.84 Å². The SMILES string of the molecule is COc1cc(C(=O)NC2(C(F)(F)F)N=C(c3ccccc3)N(C3CCCC3)C2=O)cc(OC)c1OC. The molecule has 2 aliphatic rings. The number of amides is 2. The van der Waals surface area contributed by atoms with E-state index in [1.807, 2.05) is 5.32 Å². The van der Waals surface area contributed by atoms with E-state index >= 15 is 0 Å². The van der Waals surface area contributed by atoms with E-state index in [0.717, 1.165) is 17.7 Å². The number of nitrogens with zero attached hydrogens (tertiary/aromatic N) is 2. The van der Waals surface area contributed by atoms with Gasteiger partial charge in [0.05, 0.1) is 21.3 Å². The number of rotatable bonds is 7. The molecule has 1 aliphatic carbocycles. The van der Waals surface area contributed by atoms with E-state index < -0.39 is 29.7 Å². The van der Waals surface area contributed by atoms with Gasteiger partial charge in [-0.15, -0.1) is 0 Å². The third-order valence-electron chi connectivity index (χ3n) is 6.38. The molecular formula is C25H26F3N3O5. The second kappa shape index (κ2) is 9.71. The van der Waals surface area contributed by atoms with E-state index in [2.05, 4.69) is 4.99 Å². The molecule has 192 valence electrons. The van der Waals surface area contributed by atoms with E-state index in [1.165, 1.54) is 33.5 Å². The molecule has 8 nitrogen and oxygen atoms in total. The third kappa shape index (κ3) is 4.22. The lowest BCUT2D eigenvalue weighted by molar-refractivity contribution is -0.196. The highest BCUT2D eigenvalue weighted by atomic mass is 19.4. The van der Waals surface area contributed by atoms with Gasteiger partial charge >= 0.3 is 11.8 Å². The van der Waals surface area contributed by atoms with Crippen LogP contribution < -0.4 is 19.5 Å². The number of halogens is 3. The highest BCUT2D eigenvalue weighted by Crippen LogP contribution is 2.42. The molecule has 0 saturated heterocycles. The average Bonchev–Trinajstić information content (AvgIpc) is 3.50. The minimum absolute atomic E-state index is 0.0712. The molecule has 0 bridgehead atoms. The molecule has 4 rings (SSSR count). The molecule has 2 amide bonds. The van der Waals surface area contributed by atoms with Gasteiger partial charge in [0, 0.05) is 17.2 Å². The standard InChI is InChI=1S/C25H26F3N3O5/c1-34-18-13-16(14-19(35-2)20(18)36-3)22(32)30-24(25(26,27)28)23(33)31(17-11-7-8-12-17)21(29-24)15-9-5-4-6-10-15/h4-6,9-10,13-14,17H,7-8,11-12H2,1-3H3,(H,30,32). The number of alkyl halides is 3. The number of nitrogens with one attached hydrogen (secondary N) is 1. The van der Waals surface area contributed by atoms with E-state index in [0.29, 0.717) is 18.4 Å². The first-order chi connectivity index (χ1) is 17.2. The Hall–Kier alpha value is -3.76. The number of carbonyl (C=O) groups excluding carboxylic acids is 2. The summed E-state index contributed by atoms with van der Waals surface area (Å²) in [7, 11) is 3.98. The van der Waals surface area contributed by atoms with E-state index in [1.54, 1.807) is 30.3 Å². The summed E-state index contributed by atoms with van der Waals surface area (Å²) in [6.07, 6.45) is -2.55. The van der Waals surface area contributed by atoms with Crippen LogP contribution in [0.4, 0.5) is 13.2 Å². The molecule has 36 heavy (non-hydrogen) atoms. The summed E-state index contributed by atoms with van der Waals surface area (Å²) < 4.78 is 59.6. The first kappa shape index (κ1) is 25.3. The molecular weight excluding hydrogens is 479 g/mol. The zero-order valence-electron chi connectivity index (χ0n) is 20.0. The molecule has 1 fully saturated rings. The lowest BCUT2D eigenvalue weighted by Gasteiger charge is -2.31. The fraction of sp³-hybridized carbons (Fsp3) is 0.400. The first-order valence-electron chi connectivity index (χ1n) is 11.3. The van der Waals surface area contributed by atoms with Crippen molar-refractivity contribution in [1.29, 1.82) is 0 Å². The molecule has 1 saturated carbocycles. The zero-order chi connectivity index (χ0) is 26.1. The number of hydrogen-bond acceptors (Lipinski definition) is 6. The summed E-state index contributed by atoms with van der Waals surface area (Å²) in [5.41, 5.74) is -3.36. The molecule has 1 unspecified atom stereocenters. The molecule has 1 N–H and O–H groups in total. The van der Waals surface area contributed by atoms with Crippen molar-refractivity contribution in [3.05, 3.63) is 53.6 Å². The topological polar surface area (TPSA) is 89.5 Å². The quantitative estimate of drug-likeness (QED) is 0.616. The van der Waals surface area contributed by atoms with Crippen LogP contribution in [-0.2, 0) is 4.79 Å². The molecule has 0 spiro atoms. The summed E-state index contributed by atoms with van der Waals surface area (Å²) in [4.78, 5) is 31.8. The Morgan fingerprint density at radius 2 is 1.61 bits per heavy atom. The predicted molar refractivity (Wildman–Crippen MR) is 124 cm³/mol. The Morgan fingerprint density at radius 1 is 1.03 bits per heavy atom. The third-order valence-corrected chi connectivity index (χ3v) is 6.38. The van der Waals surface area contributed by atoms with Gasteiger partial charge in [-0.05, 0) is 25.0 Å². The van der Waals surface area contributed by atoms with Crippen molar-refractivity contribution in [2.24, 2.45) is 4.99 Å². The van der Waals surface area contributed by atoms with Crippen LogP contribution in [0.1, 0.15) is 41.6 Å². The van der Waals surface area contributed by atoms with Gasteiger partial charge in [-0.25, -0.2) is 4.99 Å². The van der Waals surface area contributed by atoms with Crippen LogP contribution in [-0.4, -0.2) is 61.8 Å². The van der Waals surface area contributed by atoms with Crippen molar-refractivity contribution in [2.45, 2.75) is 43.6 Å². The van der Waals surface area contributed by atoms with E-state index in [-0.39, 0.29) is 28.6 Å². The van der Waals surface area contributed by atoms with Crippen LogP contribution in [0.3, 0.4) is 0 Å². The van der Waals surface area contributed by atoms with Gasteiger partial charge in [0.15, 0.2) is 11.5 Å². The fourth-order valence-corrected chi connectivity index (χ4v) is 4.61. The number of hydrogen-bond donors (Lipinski definition) is 1. The number of ether oxygens (including phenoxy) is 3. The average molecular weight is 505 g/mol. The highest BCUT2D eigenvalue weighted by molar-refractivity contribution is 6.17. The van der Waals surface area contributed by atoms with Crippen LogP contribution in [0, 0.1) is 0 Å². The van der Waals surface area contributed by atoms with Gasteiger partial charge in [-0.2, -0.15) is 13.2 Å². The maximum Gasteiger partial charge on any atom is 0.442 e. The molecule has 1 aliphatic heterocycles. The van der Waals surface area contributed by atoms with Crippen LogP contribution >= 0.6 is 0 Å². The lowest BCUT2D eigenvalue weighted by Crippen LogP contribution is -2.64. The molecule has 1 heterocycles. The second-order valence-electron chi connectivity index (χ2n) is 8.49. The Morgan fingerprint density at radius 3 is 2.11 bits per heavy atom.